The average Bonchev–Trinajstić information content (AvgIpc) is 2.68. The van der Waals surface area contributed by atoms with Crippen LogP contribution in [-0.2, 0) is 11.2 Å². The van der Waals surface area contributed by atoms with Gasteiger partial charge < -0.3 is 9.84 Å². The van der Waals surface area contributed by atoms with Crippen LogP contribution in [0.1, 0.15) is 12.2 Å². The molecule has 0 spiro atoms. The summed E-state index contributed by atoms with van der Waals surface area (Å²) in [7, 11) is 1.56. The first-order valence-electron chi connectivity index (χ1n) is 4.81. The van der Waals surface area contributed by atoms with Crippen LogP contribution in [0.15, 0.2) is 18.3 Å². The number of aryl methyl sites for hydroxylation is 1. The number of nitrogens with zero attached hydrogens (tertiary/aromatic N) is 3. The molecule has 6 nitrogen and oxygen atoms in total. The Balaban J connectivity index is 2.32. The van der Waals surface area contributed by atoms with Crippen molar-refractivity contribution in [3.63, 3.8) is 0 Å². The number of carboxylic acids is 1. The molecule has 2 rings (SSSR count). The number of carboxylic acid groups (broad SMARTS) is 1. The Bertz CT molecular complexity index is 521. The van der Waals surface area contributed by atoms with Crippen LogP contribution in [0.25, 0.3) is 5.65 Å². The lowest BCUT2D eigenvalue weighted by molar-refractivity contribution is -0.137. The van der Waals surface area contributed by atoms with E-state index in [1.807, 2.05) is 0 Å². The topological polar surface area (TPSA) is 76.7 Å². The first-order valence-corrected chi connectivity index (χ1v) is 4.81. The lowest BCUT2D eigenvalue weighted by atomic mass is 10.3. The Kier molecular flexibility index (Phi) is 2.72. The lowest BCUT2D eigenvalue weighted by Crippen LogP contribution is -1.99. The van der Waals surface area contributed by atoms with Gasteiger partial charge in [-0.05, 0) is 12.1 Å². The summed E-state index contributed by atoms with van der Waals surface area (Å²) in [6.07, 6.45) is 2.09. The highest BCUT2D eigenvalue weighted by Crippen LogP contribution is 2.16. The van der Waals surface area contributed by atoms with Gasteiger partial charge in [-0.15, -0.1) is 0 Å². The Morgan fingerprint density at radius 3 is 3.12 bits per heavy atom. The van der Waals surface area contributed by atoms with Gasteiger partial charge in [-0.1, -0.05) is 0 Å². The van der Waals surface area contributed by atoms with Gasteiger partial charge in [0.25, 0.3) is 0 Å². The zero-order valence-electron chi connectivity index (χ0n) is 8.75. The van der Waals surface area contributed by atoms with E-state index in [-0.39, 0.29) is 6.42 Å². The van der Waals surface area contributed by atoms with Crippen molar-refractivity contribution in [1.29, 1.82) is 0 Å². The van der Waals surface area contributed by atoms with E-state index < -0.39 is 5.97 Å². The van der Waals surface area contributed by atoms with Gasteiger partial charge in [0.2, 0.25) is 0 Å². The Morgan fingerprint density at radius 2 is 2.44 bits per heavy atom. The molecular formula is C10H11N3O3. The number of hydrogen-bond donors (Lipinski definition) is 1. The third-order valence-corrected chi connectivity index (χ3v) is 2.15. The normalized spacial score (nSPS) is 10.6. The number of rotatable bonds is 4. The maximum Gasteiger partial charge on any atom is 0.303 e. The van der Waals surface area contributed by atoms with E-state index in [4.69, 9.17) is 9.84 Å². The summed E-state index contributed by atoms with van der Waals surface area (Å²) >= 11 is 0. The molecule has 2 heterocycles. The number of carbonyl (C=O) groups is 1. The van der Waals surface area contributed by atoms with Crippen molar-refractivity contribution in [1.82, 2.24) is 14.6 Å². The molecule has 84 valence electrons. The molecule has 0 saturated heterocycles. The molecule has 0 saturated carbocycles. The van der Waals surface area contributed by atoms with E-state index in [0.29, 0.717) is 23.6 Å². The van der Waals surface area contributed by atoms with Gasteiger partial charge >= 0.3 is 5.97 Å². The van der Waals surface area contributed by atoms with Gasteiger partial charge in [0, 0.05) is 12.6 Å². The van der Waals surface area contributed by atoms with E-state index in [2.05, 4.69) is 10.1 Å². The van der Waals surface area contributed by atoms with Crippen molar-refractivity contribution in [2.24, 2.45) is 0 Å². The van der Waals surface area contributed by atoms with Crippen LogP contribution in [-0.4, -0.2) is 32.8 Å². The predicted octanol–water partition coefficient (Wildman–Crippen LogP) is 0.755. The quantitative estimate of drug-likeness (QED) is 0.824. The maximum atomic E-state index is 10.4. The van der Waals surface area contributed by atoms with Gasteiger partial charge in [-0.25, -0.2) is 9.50 Å². The molecule has 0 fully saturated rings. The highest BCUT2D eigenvalue weighted by atomic mass is 16.5. The molecule has 0 aliphatic rings. The summed E-state index contributed by atoms with van der Waals surface area (Å²) in [6, 6.07) is 3.58. The Morgan fingerprint density at radius 1 is 1.62 bits per heavy atom. The van der Waals surface area contributed by atoms with Crippen LogP contribution in [0.3, 0.4) is 0 Å². The first kappa shape index (κ1) is 10.4. The summed E-state index contributed by atoms with van der Waals surface area (Å²) in [5, 5.41) is 12.7. The van der Waals surface area contributed by atoms with E-state index in [0.717, 1.165) is 0 Å². The number of fused-ring (bicyclic) bond motifs is 1. The molecule has 6 heteroatoms. The molecule has 0 aliphatic heterocycles. The van der Waals surface area contributed by atoms with Crippen molar-refractivity contribution in [3.8, 4) is 5.75 Å². The molecular weight excluding hydrogens is 210 g/mol. The van der Waals surface area contributed by atoms with Gasteiger partial charge in [-0.2, -0.15) is 5.10 Å². The molecule has 0 atom stereocenters. The second kappa shape index (κ2) is 4.18. The largest absolute Gasteiger partial charge is 0.493 e. The summed E-state index contributed by atoms with van der Waals surface area (Å²) in [5.74, 6) is 0.272. The predicted molar refractivity (Wildman–Crippen MR) is 55.5 cm³/mol. The molecule has 2 aromatic heterocycles. The molecule has 0 amide bonds. The lowest BCUT2D eigenvalue weighted by Gasteiger charge is -1.98. The molecule has 0 aliphatic carbocycles. The first-order chi connectivity index (χ1) is 7.70. The fourth-order valence-corrected chi connectivity index (χ4v) is 1.41. The fraction of sp³-hybridized carbons (Fsp3) is 0.300. The number of methoxy groups -OCH3 is 1. The number of aliphatic carboxylic acids is 1. The van der Waals surface area contributed by atoms with E-state index >= 15 is 0 Å². The van der Waals surface area contributed by atoms with Gasteiger partial charge in [0.15, 0.2) is 17.2 Å². The summed E-state index contributed by atoms with van der Waals surface area (Å²) in [6.45, 7) is 0. The molecule has 0 unspecified atom stereocenters. The number of aromatic nitrogens is 3. The molecule has 1 N–H and O–H groups in total. The molecule has 0 aromatic carbocycles. The van der Waals surface area contributed by atoms with Crippen molar-refractivity contribution in [2.75, 3.05) is 7.11 Å². The summed E-state index contributed by atoms with van der Waals surface area (Å²) in [5.41, 5.74) is 0.602. The summed E-state index contributed by atoms with van der Waals surface area (Å²) in [4.78, 5) is 14.6. The number of pyridine rings is 1. The maximum absolute atomic E-state index is 10.4. The average molecular weight is 221 g/mol. The van der Waals surface area contributed by atoms with Gasteiger partial charge in [-0.3, -0.25) is 4.79 Å². The Hall–Kier alpha value is -2.11. The van der Waals surface area contributed by atoms with Crippen molar-refractivity contribution < 1.29 is 14.6 Å². The summed E-state index contributed by atoms with van der Waals surface area (Å²) < 4.78 is 6.71. The zero-order chi connectivity index (χ0) is 11.5. The number of ether oxygens (including phenoxy) is 1. The van der Waals surface area contributed by atoms with Crippen molar-refractivity contribution in [3.05, 3.63) is 24.2 Å². The van der Waals surface area contributed by atoms with Crippen LogP contribution in [0.5, 0.6) is 5.75 Å². The monoisotopic (exact) mass is 221 g/mol. The highest BCUT2D eigenvalue weighted by molar-refractivity contribution is 5.67. The molecule has 0 bridgehead atoms. The minimum Gasteiger partial charge on any atom is -0.493 e. The van der Waals surface area contributed by atoms with Crippen LogP contribution >= 0.6 is 0 Å². The zero-order valence-corrected chi connectivity index (χ0v) is 8.75. The smallest absolute Gasteiger partial charge is 0.303 e. The second-order valence-electron chi connectivity index (χ2n) is 3.27. The van der Waals surface area contributed by atoms with Crippen molar-refractivity contribution in [2.45, 2.75) is 12.8 Å². The Labute approximate surface area is 91.5 Å². The SMILES string of the molecule is COc1cccn2nc(CCC(=O)O)nc12. The van der Waals surface area contributed by atoms with E-state index in [1.54, 1.807) is 30.0 Å². The molecule has 2 aromatic rings. The van der Waals surface area contributed by atoms with Crippen LogP contribution in [0, 0.1) is 0 Å². The number of hydrogen-bond acceptors (Lipinski definition) is 4. The van der Waals surface area contributed by atoms with Gasteiger partial charge in [0.05, 0.1) is 13.5 Å². The molecule has 16 heavy (non-hydrogen) atoms. The van der Waals surface area contributed by atoms with Crippen LogP contribution in [0.2, 0.25) is 0 Å². The third kappa shape index (κ3) is 1.95. The van der Waals surface area contributed by atoms with Crippen LogP contribution < -0.4 is 4.74 Å². The molecule has 0 radical (unpaired) electrons. The standard InChI is InChI=1S/C10H11N3O3/c1-16-7-3-2-6-13-10(7)11-8(12-13)4-5-9(14)15/h2-3,6H,4-5H2,1H3,(H,14,15). The van der Waals surface area contributed by atoms with E-state index in [1.165, 1.54) is 0 Å². The third-order valence-electron chi connectivity index (χ3n) is 2.15. The highest BCUT2D eigenvalue weighted by Gasteiger charge is 2.09. The minimum atomic E-state index is -0.856. The second-order valence-corrected chi connectivity index (χ2v) is 3.27. The van der Waals surface area contributed by atoms with Crippen molar-refractivity contribution >= 4 is 11.6 Å². The van der Waals surface area contributed by atoms with Crippen LogP contribution in [0.4, 0.5) is 0 Å². The van der Waals surface area contributed by atoms with Gasteiger partial charge in [0.1, 0.15) is 0 Å². The fourth-order valence-electron chi connectivity index (χ4n) is 1.41. The van der Waals surface area contributed by atoms with E-state index in [9.17, 15) is 4.79 Å². The minimum absolute atomic E-state index is 0.0270.